The number of carbonyl (C=O) groups is 1. The third-order valence-corrected chi connectivity index (χ3v) is 6.46. The summed E-state index contributed by atoms with van der Waals surface area (Å²) in [6, 6.07) is 15.6. The molecule has 0 heterocycles. The van der Waals surface area contributed by atoms with Crippen LogP contribution in [0.1, 0.15) is 39.6 Å². The van der Waals surface area contributed by atoms with Gasteiger partial charge in [0.15, 0.2) is 0 Å². The molecule has 0 aromatic heterocycles. The lowest BCUT2D eigenvalue weighted by molar-refractivity contribution is 0.0599. The van der Waals surface area contributed by atoms with E-state index < -0.39 is 11.5 Å². The maximum atomic E-state index is 11.8. The molecule has 2 unspecified atom stereocenters. The summed E-state index contributed by atoms with van der Waals surface area (Å²) in [5.41, 5.74) is 6.74. The molecule has 1 N–H and O–H groups in total. The third kappa shape index (κ3) is 3.25. The number of hydrogen-bond acceptors (Lipinski definition) is 3. The zero-order valence-electron chi connectivity index (χ0n) is 17.2. The summed E-state index contributed by atoms with van der Waals surface area (Å²) in [5, 5.41) is 11.5. The van der Waals surface area contributed by atoms with Crippen LogP contribution in [0.5, 0.6) is 0 Å². The molecule has 0 amide bonds. The summed E-state index contributed by atoms with van der Waals surface area (Å²) in [4.78, 5) is 11.8. The van der Waals surface area contributed by atoms with E-state index in [1.807, 2.05) is 42.5 Å². The third-order valence-electron chi connectivity index (χ3n) is 6.46. The van der Waals surface area contributed by atoms with Crippen LogP contribution in [0.2, 0.25) is 0 Å². The highest BCUT2D eigenvalue weighted by atomic mass is 16.5. The number of rotatable bonds is 6. The van der Waals surface area contributed by atoms with Gasteiger partial charge in [0.25, 0.3) is 0 Å². The van der Waals surface area contributed by atoms with Crippen molar-refractivity contribution in [3.8, 4) is 0 Å². The van der Waals surface area contributed by atoms with Crippen LogP contribution in [0.25, 0.3) is 0 Å². The minimum Gasteiger partial charge on any atom is -0.465 e. The molecule has 2 aliphatic rings. The second kappa shape index (κ2) is 7.92. The Hall–Kier alpha value is -3.17. The Labute approximate surface area is 177 Å². The van der Waals surface area contributed by atoms with Crippen LogP contribution in [0.15, 0.2) is 96.6 Å². The molecule has 152 valence electrons. The van der Waals surface area contributed by atoms with Gasteiger partial charge < -0.3 is 9.84 Å². The van der Waals surface area contributed by atoms with Gasteiger partial charge in [-0.2, -0.15) is 0 Å². The molecule has 0 bridgehead atoms. The molecule has 2 aliphatic carbocycles. The van der Waals surface area contributed by atoms with Gasteiger partial charge >= 0.3 is 5.97 Å². The largest absolute Gasteiger partial charge is 0.465 e. The maximum absolute atomic E-state index is 11.8. The monoisotopic (exact) mass is 398 g/mol. The van der Waals surface area contributed by atoms with Gasteiger partial charge in [-0.1, -0.05) is 73.4 Å². The van der Waals surface area contributed by atoms with Gasteiger partial charge in [0, 0.05) is 5.41 Å². The van der Waals surface area contributed by atoms with Gasteiger partial charge in [0.05, 0.1) is 18.8 Å². The Morgan fingerprint density at radius 1 is 1.17 bits per heavy atom. The van der Waals surface area contributed by atoms with E-state index in [9.17, 15) is 9.90 Å². The van der Waals surface area contributed by atoms with Gasteiger partial charge in [0.1, 0.15) is 0 Å². The lowest BCUT2D eigenvalue weighted by Crippen LogP contribution is -2.31. The first kappa shape index (κ1) is 20.1. The summed E-state index contributed by atoms with van der Waals surface area (Å²) in [6.45, 7) is 7.90. The number of ether oxygens (including phenoxy) is 1. The van der Waals surface area contributed by atoms with Crippen LogP contribution in [0, 0.1) is 5.41 Å². The van der Waals surface area contributed by atoms with E-state index in [1.165, 1.54) is 18.2 Å². The molecule has 2 aromatic rings. The summed E-state index contributed by atoms with van der Waals surface area (Å²) < 4.78 is 4.81. The molecule has 0 spiro atoms. The van der Waals surface area contributed by atoms with E-state index in [-0.39, 0.29) is 5.97 Å². The molecule has 3 nitrogen and oxygen atoms in total. The average Bonchev–Trinajstić information content (AvgIpc) is 3.33. The molecular formula is C27H26O3. The lowest BCUT2D eigenvalue weighted by Gasteiger charge is -2.35. The van der Waals surface area contributed by atoms with E-state index >= 15 is 0 Å². The highest BCUT2D eigenvalue weighted by Crippen LogP contribution is 2.55. The molecule has 0 aliphatic heterocycles. The van der Waals surface area contributed by atoms with E-state index in [4.69, 9.17) is 4.74 Å². The minimum atomic E-state index is -0.601. The molecule has 0 fully saturated rings. The number of methoxy groups -OCH3 is 1. The maximum Gasteiger partial charge on any atom is 0.337 e. The van der Waals surface area contributed by atoms with Crippen molar-refractivity contribution < 1.29 is 14.6 Å². The minimum absolute atomic E-state index is 0.349. The van der Waals surface area contributed by atoms with Gasteiger partial charge in [-0.05, 0) is 59.2 Å². The zero-order chi connectivity index (χ0) is 21.3. The van der Waals surface area contributed by atoms with Crippen LogP contribution in [0.4, 0.5) is 0 Å². The summed E-state index contributed by atoms with van der Waals surface area (Å²) in [5.74, 6) is -0.349. The Balaban J connectivity index is 1.74. The van der Waals surface area contributed by atoms with Crippen LogP contribution in [-0.2, 0) is 17.6 Å². The highest BCUT2D eigenvalue weighted by Gasteiger charge is 2.48. The topological polar surface area (TPSA) is 46.5 Å². The SMILES string of the molecule is C=CC1=C(C=C)CC(C2(Cc3ccc(C(=O)OC)cc3)Cc3ccccc3C2O)=C1. The van der Waals surface area contributed by atoms with Gasteiger partial charge in [-0.25, -0.2) is 4.79 Å². The van der Waals surface area contributed by atoms with Gasteiger partial charge in [0.2, 0.25) is 0 Å². The predicted octanol–water partition coefficient (Wildman–Crippen LogP) is 5.29. The van der Waals surface area contributed by atoms with Crippen molar-refractivity contribution in [1.29, 1.82) is 0 Å². The smallest absolute Gasteiger partial charge is 0.337 e. The summed E-state index contributed by atoms with van der Waals surface area (Å²) >= 11 is 0. The molecule has 0 radical (unpaired) electrons. The van der Waals surface area contributed by atoms with Crippen LogP contribution >= 0.6 is 0 Å². The molecule has 30 heavy (non-hydrogen) atoms. The first-order valence-electron chi connectivity index (χ1n) is 10.1. The van der Waals surface area contributed by atoms with Crippen molar-refractivity contribution >= 4 is 5.97 Å². The first-order valence-corrected chi connectivity index (χ1v) is 10.1. The molecule has 2 aromatic carbocycles. The van der Waals surface area contributed by atoms with Gasteiger partial charge in [-0.15, -0.1) is 0 Å². The fraction of sp³-hybridized carbons (Fsp3) is 0.222. The van der Waals surface area contributed by atoms with Crippen molar-refractivity contribution in [1.82, 2.24) is 0 Å². The summed E-state index contributed by atoms with van der Waals surface area (Å²) in [7, 11) is 1.38. The molecule has 0 saturated carbocycles. The number of benzene rings is 2. The van der Waals surface area contributed by atoms with E-state index in [1.54, 1.807) is 12.1 Å². The molecular weight excluding hydrogens is 372 g/mol. The van der Waals surface area contributed by atoms with Crippen molar-refractivity contribution in [3.05, 3.63) is 119 Å². The number of esters is 1. The Morgan fingerprint density at radius 3 is 2.50 bits per heavy atom. The normalized spacial score (nSPS) is 22.5. The molecule has 0 saturated heterocycles. The van der Waals surface area contributed by atoms with Crippen LogP contribution in [-0.4, -0.2) is 18.2 Å². The second-order valence-corrected chi connectivity index (χ2v) is 8.03. The number of aliphatic hydroxyl groups excluding tert-OH is 1. The number of hydrogen-bond donors (Lipinski definition) is 1. The van der Waals surface area contributed by atoms with Crippen LogP contribution < -0.4 is 0 Å². The molecule has 2 atom stereocenters. The van der Waals surface area contributed by atoms with Gasteiger partial charge in [-0.3, -0.25) is 0 Å². The van der Waals surface area contributed by atoms with E-state index in [0.29, 0.717) is 12.0 Å². The Kier molecular flexibility index (Phi) is 5.31. The van der Waals surface area contributed by atoms with Crippen molar-refractivity contribution in [3.63, 3.8) is 0 Å². The number of aliphatic hydroxyl groups is 1. The molecule has 4 rings (SSSR count). The average molecular weight is 399 g/mol. The lowest BCUT2D eigenvalue weighted by atomic mass is 9.70. The summed E-state index contributed by atoms with van der Waals surface area (Å²) in [6.07, 6.45) is 7.51. The second-order valence-electron chi connectivity index (χ2n) is 8.03. The predicted molar refractivity (Wildman–Crippen MR) is 119 cm³/mol. The zero-order valence-corrected chi connectivity index (χ0v) is 17.2. The molecule has 3 heteroatoms. The fourth-order valence-electron chi connectivity index (χ4n) is 4.84. The van der Waals surface area contributed by atoms with Crippen LogP contribution in [0.3, 0.4) is 0 Å². The number of fused-ring (bicyclic) bond motifs is 1. The number of allylic oxidation sites excluding steroid dienone is 5. The first-order chi connectivity index (χ1) is 14.5. The Bertz CT molecular complexity index is 1070. The quantitative estimate of drug-likeness (QED) is 0.673. The highest BCUT2D eigenvalue weighted by molar-refractivity contribution is 5.89. The van der Waals surface area contributed by atoms with Crippen molar-refractivity contribution in [2.45, 2.75) is 25.4 Å². The Morgan fingerprint density at radius 2 is 1.90 bits per heavy atom. The van der Waals surface area contributed by atoms with E-state index in [0.717, 1.165) is 35.1 Å². The fourth-order valence-corrected chi connectivity index (χ4v) is 4.84. The standard InChI is InChI=1S/C27H26O3/c1-4-19-14-23(15-20(19)5-2)27(17-22-8-6-7-9-24(22)25(27)28)16-18-10-12-21(13-11-18)26(29)30-3/h4-14,25,28H,1-2,15-17H2,3H3. The van der Waals surface area contributed by atoms with Crippen molar-refractivity contribution in [2.24, 2.45) is 5.41 Å². The van der Waals surface area contributed by atoms with E-state index in [2.05, 4.69) is 25.3 Å². The number of carbonyl (C=O) groups excluding carboxylic acids is 1. The van der Waals surface area contributed by atoms with Crippen molar-refractivity contribution in [2.75, 3.05) is 7.11 Å².